The number of tetrazole rings is 1. The number of aryl methyl sites for hydroxylation is 2. The summed E-state index contributed by atoms with van der Waals surface area (Å²) in [5.74, 6) is 0.796. The number of hydrogen-bond acceptors (Lipinski definition) is 8. The first-order valence-corrected chi connectivity index (χ1v) is 10.4. The van der Waals surface area contributed by atoms with Crippen LogP contribution < -0.4 is 10.1 Å². The molecule has 1 amide bonds. The summed E-state index contributed by atoms with van der Waals surface area (Å²) < 4.78 is 6.82. The van der Waals surface area contributed by atoms with Crippen molar-refractivity contribution in [2.45, 2.75) is 30.8 Å². The van der Waals surface area contributed by atoms with Crippen LogP contribution in [0.15, 0.2) is 29.4 Å². The van der Waals surface area contributed by atoms with Gasteiger partial charge in [0, 0.05) is 10.9 Å². The van der Waals surface area contributed by atoms with Crippen LogP contribution in [0, 0.1) is 0 Å². The van der Waals surface area contributed by atoms with Crippen LogP contribution in [-0.2, 0) is 17.6 Å². The fraction of sp³-hybridized carbons (Fsp3) is 0.353. The highest BCUT2D eigenvalue weighted by Crippen LogP contribution is 2.29. The molecule has 1 aromatic carbocycles. The molecule has 0 atom stereocenters. The lowest BCUT2D eigenvalue weighted by Gasteiger charge is -2.06. The van der Waals surface area contributed by atoms with E-state index in [-0.39, 0.29) is 11.7 Å². The Morgan fingerprint density at radius 3 is 3.11 bits per heavy atom. The number of thioether (sulfide) groups is 1. The molecule has 27 heavy (non-hydrogen) atoms. The van der Waals surface area contributed by atoms with E-state index in [1.165, 1.54) is 29.5 Å². The van der Waals surface area contributed by atoms with Crippen LogP contribution in [0.25, 0.3) is 5.69 Å². The highest BCUT2D eigenvalue weighted by atomic mass is 32.2. The summed E-state index contributed by atoms with van der Waals surface area (Å²) in [6.45, 7) is 0. The zero-order valence-electron chi connectivity index (χ0n) is 14.7. The molecule has 8 nitrogen and oxygen atoms in total. The van der Waals surface area contributed by atoms with E-state index in [1.54, 1.807) is 23.1 Å². The van der Waals surface area contributed by atoms with E-state index in [9.17, 15) is 4.79 Å². The molecule has 1 aliphatic rings. The van der Waals surface area contributed by atoms with Crippen molar-refractivity contribution in [3.05, 3.63) is 34.8 Å². The van der Waals surface area contributed by atoms with E-state index in [2.05, 4.69) is 25.8 Å². The number of thiazole rings is 1. The third-order valence-corrected chi connectivity index (χ3v) is 6.16. The van der Waals surface area contributed by atoms with Crippen molar-refractivity contribution in [2.24, 2.45) is 0 Å². The Hall–Kier alpha value is -2.46. The maximum atomic E-state index is 12.3. The van der Waals surface area contributed by atoms with Crippen molar-refractivity contribution in [1.82, 2.24) is 25.2 Å². The Labute approximate surface area is 164 Å². The number of methoxy groups -OCH3 is 1. The molecule has 0 spiro atoms. The summed E-state index contributed by atoms with van der Waals surface area (Å²) >= 11 is 2.85. The van der Waals surface area contributed by atoms with Gasteiger partial charge >= 0.3 is 0 Å². The number of fused-ring (bicyclic) bond motifs is 1. The highest BCUT2D eigenvalue weighted by molar-refractivity contribution is 7.99. The maximum Gasteiger partial charge on any atom is 0.236 e. The van der Waals surface area contributed by atoms with Gasteiger partial charge in [-0.1, -0.05) is 17.8 Å². The van der Waals surface area contributed by atoms with Gasteiger partial charge in [0.25, 0.3) is 0 Å². The summed E-state index contributed by atoms with van der Waals surface area (Å²) in [4.78, 5) is 18.1. The number of ether oxygens (including phenoxy) is 1. The van der Waals surface area contributed by atoms with Crippen molar-refractivity contribution < 1.29 is 9.53 Å². The largest absolute Gasteiger partial charge is 0.497 e. The van der Waals surface area contributed by atoms with Gasteiger partial charge in [-0.15, -0.1) is 16.4 Å². The topological polar surface area (TPSA) is 94.8 Å². The van der Waals surface area contributed by atoms with Crippen molar-refractivity contribution in [2.75, 3.05) is 18.2 Å². The molecule has 4 rings (SSSR count). The van der Waals surface area contributed by atoms with Crippen LogP contribution in [0.2, 0.25) is 0 Å². The average Bonchev–Trinajstić information content (AvgIpc) is 3.32. The van der Waals surface area contributed by atoms with E-state index in [4.69, 9.17) is 4.74 Å². The second kappa shape index (κ2) is 8.05. The second-order valence-corrected chi connectivity index (χ2v) is 8.03. The van der Waals surface area contributed by atoms with Crippen LogP contribution >= 0.6 is 23.1 Å². The highest BCUT2D eigenvalue weighted by Gasteiger charge is 2.17. The predicted octanol–water partition coefficient (Wildman–Crippen LogP) is 2.74. The normalized spacial score (nSPS) is 13.2. The third kappa shape index (κ3) is 4.11. The van der Waals surface area contributed by atoms with Gasteiger partial charge < -0.3 is 10.1 Å². The smallest absolute Gasteiger partial charge is 0.236 e. The summed E-state index contributed by atoms with van der Waals surface area (Å²) in [7, 11) is 1.61. The zero-order valence-corrected chi connectivity index (χ0v) is 16.3. The Kier molecular flexibility index (Phi) is 5.35. The number of amides is 1. The summed E-state index contributed by atoms with van der Waals surface area (Å²) in [5.41, 5.74) is 1.91. The molecule has 0 bridgehead atoms. The molecular weight excluding hydrogens is 384 g/mol. The number of nitrogens with zero attached hydrogens (tertiary/aromatic N) is 5. The fourth-order valence-electron chi connectivity index (χ4n) is 2.86. The van der Waals surface area contributed by atoms with E-state index in [0.717, 1.165) is 24.2 Å². The van der Waals surface area contributed by atoms with Gasteiger partial charge in [0.2, 0.25) is 11.1 Å². The average molecular weight is 403 g/mol. The third-order valence-electron chi connectivity index (χ3n) is 4.16. The van der Waals surface area contributed by atoms with Crippen molar-refractivity contribution in [3.63, 3.8) is 0 Å². The van der Waals surface area contributed by atoms with Gasteiger partial charge in [-0.3, -0.25) is 4.79 Å². The quantitative estimate of drug-likeness (QED) is 0.634. The molecule has 0 radical (unpaired) electrons. The van der Waals surface area contributed by atoms with Gasteiger partial charge in [-0.05, 0) is 48.2 Å². The molecule has 0 saturated carbocycles. The molecule has 1 aliphatic carbocycles. The first-order valence-electron chi connectivity index (χ1n) is 8.57. The Morgan fingerprint density at radius 1 is 1.37 bits per heavy atom. The Bertz CT molecular complexity index is 931. The fourth-order valence-corrected chi connectivity index (χ4v) is 4.62. The van der Waals surface area contributed by atoms with E-state index >= 15 is 0 Å². The van der Waals surface area contributed by atoms with Crippen molar-refractivity contribution in [3.8, 4) is 11.4 Å². The first-order chi connectivity index (χ1) is 13.2. The van der Waals surface area contributed by atoms with Crippen LogP contribution in [0.3, 0.4) is 0 Å². The van der Waals surface area contributed by atoms with E-state index in [0.29, 0.717) is 16.0 Å². The number of benzene rings is 1. The maximum absolute atomic E-state index is 12.3. The number of rotatable bonds is 6. The van der Waals surface area contributed by atoms with Crippen LogP contribution in [0.4, 0.5) is 5.13 Å². The molecule has 1 N–H and O–H groups in total. The number of aromatic nitrogens is 5. The molecule has 140 valence electrons. The molecular formula is C17H18N6O2S2. The van der Waals surface area contributed by atoms with Gasteiger partial charge in [-0.2, -0.15) is 4.68 Å². The predicted molar refractivity (Wildman–Crippen MR) is 104 cm³/mol. The Morgan fingerprint density at radius 2 is 2.26 bits per heavy atom. The van der Waals surface area contributed by atoms with Crippen LogP contribution in [0.1, 0.15) is 23.4 Å². The van der Waals surface area contributed by atoms with E-state index < -0.39 is 0 Å². The van der Waals surface area contributed by atoms with Crippen molar-refractivity contribution >= 4 is 34.1 Å². The SMILES string of the molecule is COc1cccc(-n2nnnc2SCC(=O)Nc2nc3c(s2)CCCC3)c1. The van der Waals surface area contributed by atoms with E-state index in [1.807, 2.05) is 24.3 Å². The summed E-state index contributed by atoms with van der Waals surface area (Å²) in [5, 5.41) is 15.8. The van der Waals surface area contributed by atoms with Gasteiger partial charge in [0.05, 0.1) is 24.2 Å². The zero-order chi connectivity index (χ0) is 18.6. The Balaban J connectivity index is 1.39. The minimum atomic E-state index is -0.119. The number of carbonyl (C=O) groups is 1. The molecule has 2 aromatic heterocycles. The molecule has 2 heterocycles. The monoisotopic (exact) mass is 402 g/mol. The van der Waals surface area contributed by atoms with Crippen LogP contribution in [-0.4, -0.2) is 44.0 Å². The lowest BCUT2D eigenvalue weighted by Crippen LogP contribution is -2.14. The second-order valence-electron chi connectivity index (χ2n) is 6.01. The van der Waals surface area contributed by atoms with Crippen LogP contribution in [0.5, 0.6) is 5.75 Å². The number of anilines is 1. The summed E-state index contributed by atoms with van der Waals surface area (Å²) in [6.07, 6.45) is 4.44. The molecule has 3 aromatic rings. The number of hydrogen-bond donors (Lipinski definition) is 1. The minimum absolute atomic E-state index is 0.119. The molecule has 0 unspecified atom stereocenters. The molecule has 0 aliphatic heterocycles. The van der Waals surface area contributed by atoms with Gasteiger partial charge in [-0.25, -0.2) is 4.98 Å². The minimum Gasteiger partial charge on any atom is -0.497 e. The molecule has 0 saturated heterocycles. The molecule has 10 heteroatoms. The number of nitrogens with one attached hydrogen (secondary N) is 1. The summed E-state index contributed by atoms with van der Waals surface area (Å²) in [6, 6.07) is 7.42. The lowest BCUT2D eigenvalue weighted by atomic mass is 10.0. The number of carbonyl (C=O) groups excluding carboxylic acids is 1. The van der Waals surface area contributed by atoms with Gasteiger partial charge in [0.15, 0.2) is 5.13 Å². The standard InChI is InChI=1S/C17H18N6O2S2/c1-25-12-6-4-5-11(9-12)23-17(20-21-22-23)26-10-15(24)19-16-18-13-7-2-3-8-14(13)27-16/h4-6,9H,2-3,7-8,10H2,1H3,(H,18,19,24). The first kappa shape index (κ1) is 17.9. The molecule has 0 fully saturated rings. The van der Waals surface area contributed by atoms with Crippen molar-refractivity contribution in [1.29, 1.82) is 0 Å². The van der Waals surface area contributed by atoms with Gasteiger partial charge in [0.1, 0.15) is 5.75 Å². The lowest BCUT2D eigenvalue weighted by molar-refractivity contribution is -0.113.